The topological polar surface area (TPSA) is 186 Å². The number of sulfonamides is 1. The molecule has 0 radical (unpaired) electrons. The molecule has 10 rings (SSSR count). The van der Waals surface area contributed by atoms with Gasteiger partial charge in [-0.3, -0.25) is 24.7 Å². The molecule has 0 bridgehead atoms. The van der Waals surface area contributed by atoms with Crippen LogP contribution in [-0.4, -0.2) is 102 Å². The Morgan fingerprint density at radius 3 is 2.45 bits per heavy atom. The molecule has 16 heteroatoms. The van der Waals surface area contributed by atoms with Crippen molar-refractivity contribution in [1.82, 2.24) is 24.5 Å². The number of nitro groups is 1. The first-order chi connectivity index (χ1) is 34.1. The van der Waals surface area contributed by atoms with E-state index in [-0.39, 0.29) is 28.3 Å². The van der Waals surface area contributed by atoms with E-state index >= 15 is 0 Å². The normalized spacial score (nSPS) is 23.5. The summed E-state index contributed by atoms with van der Waals surface area (Å²) in [7, 11) is -4.57. The highest BCUT2D eigenvalue weighted by Crippen LogP contribution is 2.53. The molecule has 5 aliphatic rings. The molecule has 378 valence electrons. The molecule has 15 nitrogen and oxygen atoms in total. The number of anilines is 2. The van der Waals surface area contributed by atoms with Crippen molar-refractivity contribution in [2.24, 2.45) is 17.3 Å². The molecule has 3 aliphatic carbocycles. The summed E-state index contributed by atoms with van der Waals surface area (Å²) < 4.78 is 36.2. The van der Waals surface area contributed by atoms with Crippen LogP contribution in [0.1, 0.15) is 131 Å². The first-order valence-corrected chi connectivity index (χ1v) is 27.5. The Morgan fingerprint density at radius 1 is 0.944 bits per heavy atom. The molecule has 2 saturated heterocycles. The van der Waals surface area contributed by atoms with Crippen molar-refractivity contribution in [3.8, 4) is 11.5 Å². The minimum atomic E-state index is -4.57. The van der Waals surface area contributed by atoms with Crippen molar-refractivity contribution in [2.45, 2.75) is 126 Å². The number of aliphatic hydroxyl groups is 1. The fourth-order valence-corrected chi connectivity index (χ4v) is 13.5. The number of carbonyl (C=O) groups is 1. The summed E-state index contributed by atoms with van der Waals surface area (Å²) in [6, 6.07) is 22.6. The van der Waals surface area contributed by atoms with Gasteiger partial charge in [-0.15, -0.1) is 0 Å². The monoisotopic (exact) mass is 987 g/mol. The number of hydrogen-bond acceptors (Lipinski definition) is 12. The minimum Gasteiger partial charge on any atom is -0.455 e. The molecule has 3 aromatic carbocycles. The Hall–Kier alpha value is -5.55. The maximum absolute atomic E-state index is 14.1. The Labute approximate surface area is 417 Å². The molecule has 1 spiro atoms. The zero-order valence-corrected chi connectivity index (χ0v) is 42.3. The van der Waals surface area contributed by atoms with Gasteiger partial charge < -0.3 is 25.0 Å². The molecule has 1 unspecified atom stereocenters. The van der Waals surface area contributed by atoms with E-state index in [1.165, 1.54) is 68.3 Å². The van der Waals surface area contributed by atoms with E-state index in [9.17, 15) is 28.4 Å². The molecule has 2 aliphatic heterocycles. The van der Waals surface area contributed by atoms with Crippen LogP contribution in [0.15, 0.2) is 90.1 Å². The number of piperidine rings is 1. The lowest BCUT2D eigenvalue weighted by Gasteiger charge is -2.58. The van der Waals surface area contributed by atoms with Crippen LogP contribution in [0.4, 0.5) is 17.1 Å². The van der Waals surface area contributed by atoms with Gasteiger partial charge in [0.2, 0.25) is 0 Å². The zero-order chi connectivity index (χ0) is 49.5. The van der Waals surface area contributed by atoms with Crippen LogP contribution >= 0.6 is 0 Å². The molecular weight excluding hydrogens is 917 g/mol. The van der Waals surface area contributed by atoms with Gasteiger partial charge in [0.25, 0.3) is 21.6 Å². The number of piperazine rings is 1. The van der Waals surface area contributed by atoms with E-state index in [1.54, 1.807) is 30.6 Å². The predicted octanol–water partition coefficient (Wildman–Crippen LogP) is 10.2. The quantitative estimate of drug-likeness (QED) is 0.0576. The van der Waals surface area contributed by atoms with Gasteiger partial charge in [-0.05, 0) is 142 Å². The van der Waals surface area contributed by atoms with Crippen LogP contribution in [0.25, 0.3) is 11.0 Å². The number of nitrogens with zero attached hydrogens (tertiary/aromatic N) is 5. The molecule has 2 aromatic heterocycles. The molecule has 4 N–H and O–H groups in total. The third-order valence-corrected chi connectivity index (χ3v) is 18.1. The van der Waals surface area contributed by atoms with Gasteiger partial charge in [0.05, 0.1) is 27.2 Å². The molecular formula is C55H70N8O7S. The van der Waals surface area contributed by atoms with Crippen molar-refractivity contribution in [2.75, 3.05) is 56.0 Å². The van der Waals surface area contributed by atoms with E-state index in [0.717, 1.165) is 81.5 Å². The number of nitrogens with one attached hydrogen (secondary N) is 3. The smallest absolute Gasteiger partial charge is 0.293 e. The van der Waals surface area contributed by atoms with Crippen molar-refractivity contribution in [1.29, 1.82) is 0 Å². The number of aromatic nitrogens is 2. The first-order valence-electron chi connectivity index (χ1n) is 26.0. The second-order valence-electron chi connectivity index (χ2n) is 22.1. The second kappa shape index (κ2) is 20.2. The summed E-state index contributed by atoms with van der Waals surface area (Å²) in [4.78, 5) is 40.7. The summed E-state index contributed by atoms with van der Waals surface area (Å²) in [6.45, 7) is 13.1. The lowest BCUT2D eigenvalue weighted by Crippen LogP contribution is -2.60. The van der Waals surface area contributed by atoms with Crippen LogP contribution < -0.4 is 19.7 Å². The number of carbonyl (C=O) groups excluding carboxylic acids is 1. The number of ether oxygens (including phenoxy) is 1. The van der Waals surface area contributed by atoms with E-state index < -0.39 is 37.0 Å². The Morgan fingerprint density at radius 2 is 1.70 bits per heavy atom. The zero-order valence-electron chi connectivity index (χ0n) is 41.4. The van der Waals surface area contributed by atoms with Crippen LogP contribution in [0.2, 0.25) is 0 Å². The molecule has 5 aromatic rings. The number of amides is 1. The van der Waals surface area contributed by atoms with Crippen LogP contribution in [0.3, 0.4) is 0 Å². The number of benzene rings is 3. The highest BCUT2D eigenvalue weighted by molar-refractivity contribution is 7.90. The molecule has 3 saturated carbocycles. The van der Waals surface area contributed by atoms with Crippen molar-refractivity contribution in [3.05, 3.63) is 112 Å². The first kappa shape index (κ1) is 49.0. The predicted molar refractivity (Wildman–Crippen MR) is 277 cm³/mol. The highest BCUT2D eigenvalue weighted by atomic mass is 32.2. The van der Waals surface area contributed by atoms with Gasteiger partial charge in [-0.1, -0.05) is 51.0 Å². The van der Waals surface area contributed by atoms with Crippen molar-refractivity contribution in [3.63, 3.8) is 0 Å². The van der Waals surface area contributed by atoms with E-state index in [2.05, 4.69) is 72.8 Å². The highest BCUT2D eigenvalue weighted by Gasteiger charge is 2.50. The molecule has 1 amide bonds. The van der Waals surface area contributed by atoms with Crippen LogP contribution in [-0.2, 0) is 10.0 Å². The number of rotatable bonds is 15. The third-order valence-electron chi connectivity index (χ3n) is 16.7. The minimum absolute atomic E-state index is 0.0158. The average Bonchev–Trinajstić information content (AvgIpc) is 4.05. The number of aromatic amines is 1. The van der Waals surface area contributed by atoms with Crippen LogP contribution in [0, 0.1) is 27.4 Å². The van der Waals surface area contributed by atoms with Gasteiger partial charge >= 0.3 is 0 Å². The average molecular weight is 987 g/mol. The Balaban J connectivity index is 0.831. The van der Waals surface area contributed by atoms with Gasteiger partial charge in [-0.2, -0.15) is 0 Å². The second-order valence-corrected chi connectivity index (χ2v) is 23.7. The maximum atomic E-state index is 14.1. The Kier molecular flexibility index (Phi) is 13.9. The summed E-state index contributed by atoms with van der Waals surface area (Å²) in [5.74, 6) is 1.10. The third kappa shape index (κ3) is 10.8. The lowest BCUT2D eigenvalue weighted by atomic mass is 9.59. The fourth-order valence-electron chi connectivity index (χ4n) is 12.5. The Bertz CT molecular complexity index is 2840. The fraction of sp³-hybridized carbons (Fsp3) is 0.527. The SMILES string of the molecule is CC(C)c1ccccc1C1CN(CC2CCCC2)CCN1C1CC2(CCN(c3ccc(C(=O)NS(=O)(=O)c4ccc(NCC5CCC(C)(O)CC5)c([N+](=O)[O-])c4)c(Oc4cnc5[nH]ccc5c4)c3)CC2)C1. The summed E-state index contributed by atoms with van der Waals surface area (Å²) >= 11 is 0. The number of hydrogen-bond donors (Lipinski definition) is 4. The summed E-state index contributed by atoms with van der Waals surface area (Å²) in [5, 5.41) is 26.5. The number of fused-ring (bicyclic) bond motifs is 1. The van der Waals surface area contributed by atoms with E-state index in [1.807, 2.05) is 19.1 Å². The number of H-pyrrole nitrogens is 1. The standard InChI is InChI=1S/C55H70N8O7S/c1-37(2)45-10-6-7-11-46(45)50-36-60(35-39-8-4-5-9-39)26-27-62(50)42-31-55(32-42)21-24-61(25-22-55)41-12-14-47(51(29-41)70-43-28-40-18-23-56-52(40)58-34-43)53(64)59-71(68,69)44-13-15-48(49(30-44)63(66)67)57-33-38-16-19-54(3,65)20-17-38/h6-7,10-15,18,23,28-30,34,37-39,42,50,57,65H,4-5,8-9,16-17,19-22,24-27,31-33,35-36H2,1-3H3,(H,56,58)(H,59,64). The van der Waals surface area contributed by atoms with Gasteiger partial charge in [0.15, 0.2) is 0 Å². The van der Waals surface area contributed by atoms with Crippen LogP contribution in [0.5, 0.6) is 11.5 Å². The van der Waals surface area contributed by atoms with Gasteiger partial charge in [0.1, 0.15) is 22.8 Å². The van der Waals surface area contributed by atoms with Crippen molar-refractivity contribution >= 4 is 44.0 Å². The molecule has 71 heavy (non-hydrogen) atoms. The largest absolute Gasteiger partial charge is 0.455 e. The number of pyridine rings is 1. The summed E-state index contributed by atoms with van der Waals surface area (Å²) in [5.41, 5.74) is 3.81. The van der Waals surface area contributed by atoms with E-state index in [4.69, 9.17) is 4.74 Å². The summed E-state index contributed by atoms with van der Waals surface area (Å²) in [6.07, 6.45) is 16.1. The van der Waals surface area contributed by atoms with Gasteiger partial charge in [0, 0.05) is 87.3 Å². The van der Waals surface area contributed by atoms with Crippen molar-refractivity contribution < 1.29 is 28.0 Å². The van der Waals surface area contributed by atoms with E-state index in [0.29, 0.717) is 48.8 Å². The maximum Gasteiger partial charge on any atom is 0.293 e. The molecule has 4 heterocycles. The molecule has 1 atom stereocenters. The lowest BCUT2D eigenvalue weighted by molar-refractivity contribution is -0.384. The van der Waals surface area contributed by atoms with Gasteiger partial charge in [-0.25, -0.2) is 18.1 Å². The molecule has 5 fully saturated rings. The number of nitro benzene ring substituents is 1.